The summed E-state index contributed by atoms with van der Waals surface area (Å²) in [6, 6.07) is 4.00. The van der Waals surface area contributed by atoms with Crippen molar-refractivity contribution in [3.8, 4) is 0 Å². The van der Waals surface area contributed by atoms with Gasteiger partial charge in [0.05, 0.1) is 30.8 Å². The third-order valence-corrected chi connectivity index (χ3v) is 3.02. The normalized spacial score (nSPS) is 12.4. The fourth-order valence-electron chi connectivity index (χ4n) is 1.86. The Labute approximate surface area is 122 Å². The van der Waals surface area contributed by atoms with Gasteiger partial charge in [0.15, 0.2) is 0 Å². The van der Waals surface area contributed by atoms with Crippen LogP contribution < -0.4 is 10.6 Å². The number of rotatable bonds is 10. The highest BCUT2D eigenvalue weighted by Crippen LogP contribution is 2.15. The Morgan fingerprint density at radius 2 is 1.75 bits per heavy atom. The zero-order valence-electron chi connectivity index (χ0n) is 12.8. The van der Waals surface area contributed by atoms with Gasteiger partial charge in [-0.25, -0.2) is 0 Å². The quantitative estimate of drug-likeness (QED) is 0.665. The Balaban J connectivity index is 2.64. The number of nitrogens with two attached hydrogens (primary N) is 1. The molecular formula is C15H27N3O2. The molecule has 114 valence electrons. The maximum Gasteiger partial charge on any atom is 0.0641 e. The molecule has 1 aromatic rings. The lowest BCUT2D eigenvalue weighted by Gasteiger charge is -2.24. The summed E-state index contributed by atoms with van der Waals surface area (Å²) in [6.07, 6.45) is 1.87. The molecule has 1 rings (SSSR count). The molecule has 0 amide bonds. The molecule has 1 aromatic heterocycles. The van der Waals surface area contributed by atoms with E-state index >= 15 is 0 Å². The highest BCUT2D eigenvalue weighted by Gasteiger charge is 2.08. The van der Waals surface area contributed by atoms with E-state index in [0.717, 1.165) is 37.7 Å². The molecule has 1 atom stereocenters. The van der Waals surface area contributed by atoms with Crippen LogP contribution >= 0.6 is 0 Å². The van der Waals surface area contributed by atoms with Gasteiger partial charge in [0.25, 0.3) is 0 Å². The van der Waals surface area contributed by atoms with Gasteiger partial charge in [0.1, 0.15) is 0 Å². The van der Waals surface area contributed by atoms with E-state index in [1.165, 1.54) is 0 Å². The lowest BCUT2D eigenvalue weighted by atomic mass is 10.2. The molecule has 0 spiro atoms. The summed E-state index contributed by atoms with van der Waals surface area (Å²) in [7, 11) is 0. The molecule has 1 heterocycles. The molecule has 0 bridgehead atoms. The zero-order chi connectivity index (χ0) is 14.8. The maximum absolute atomic E-state index is 5.82. The second-order valence-corrected chi connectivity index (χ2v) is 4.61. The van der Waals surface area contributed by atoms with Gasteiger partial charge >= 0.3 is 0 Å². The van der Waals surface area contributed by atoms with Crippen LogP contribution in [0.5, 0.6) is 0 Å². The molecule has 0 saturated carbocycles. The average Bonchev–Trinajstić information content (AvgIpc) is 2.46. The summed E-state index contributed by atoms with van der Waals surface area (Å²) in [5, 5.41) is 0. The summed E-state index contributed by atoms with van der Waals surface area (Å²) in [5.41, 5.74) is 7.80. The summed E-state index contributed by atoms with van der Waals surface area (Å²) < 4.78 is 10.9. The van der Waals surface area contributed by atoms with E-state index in [2.05, 4.69) is 16.0 Å². The standard InChI is InChI=1S/C15H27N3O2/c1-4-19-10-8-18(9-11-20-5-2)14-6-7-15(13(3)16)17-12-14/h6-7,12-13H,4-5,8-11,16H2,1-3H3. The van der Waals surface area contributed by atoms with Crippen LogP contribution in [0.1, 0.15) is 32.5 Å². The minimum Gasteiger partial charge on any atom is -0.380 e. The molecule has 0 fully saturated rings. The van der Waals surface area contributed by atoms with E-state index < -0.39 is 0 Å². The molecule has 5 nitrogen and oxygen atoms in total. The van der Waals surface area contributed by atoms with Gasteiger partial charge in [-0.2, -0.15) is 0 Å². The van der Waals surface area contributed by atoms with Gasteiger partial charge in [0, 0.05) is 32.3 Å². The highest BCUT2D eigenvalue weighted by atomic mass is 16.5. The van der Waals surface area contributed by atoms with Gasteiger partial charge in [-0.05, 0) is 32.9 Å². The molecule has 20 heavy (non-hydrogen) atoms. The smallest absolute Gasteiger partial charge is 0.0641 e. The largest absolute Gasteiger partial charge is 0.380 e. The van der Waals surface area contributed by atoms with Crippen molar-refractivity contribution in [1.29, 1.82) is 0 Å². The second kappa shape index (κ2) is 9.69. The van der Waals surface area contributed by atoms with Crippen molar-refractivity contribution in [3.63, 3.8) is 0 Å². The molecule has 0 saturated heterocycles. The van der Waals surface area contributed by atoms with Crippen LogP contribution in [0.25, 0.3) is 0 Å². The average molecular weight is 281 g/mol. The van der Waals surface area contributed by atoms with Crippen LogP contribution in [-0.4, -0.2) is 44.5 Å². The van der Waals surface area contributed by atoms with Crippen LogP contribution in [0, 0.1) is 0 Å². The maximum atomic E-state index is 5.82. The predicted octanol–water partition coefficient (Wildman–Crippen LogP) is 1.98. The van der Waals surface area contributed by atoms with Gasteiger partial charge < -0.3 is 20.1 Å². The topological polar surface area (TPSA) is 60.6 Å². The minimum absolute atomic E-state index is 0.0376. The lowest BCUT2D eigenvalue weighted by Crippen LogP contribution is -2.31. The van der Waals surface area contributed by atoms with Crippen molar-refractivity contribution in [3.05, 3.63) is 24.0 Å². The number of hydrogen-bond acceptors (Lipinski definition) is 5. The van der Waals surface area contributed by atoms with E-state index in [4.69, 9.17) is 15.2 Å². The number of nitrogens with zero attached hydrogens (tertiary/aromatic N) is 2. The summed E-state index contributed by atoms with van der Waals surface area (Å²) in [6.45, 7) is 10.5. The molecule has 0 aromatic carbocycles. The van der Waals surface area contributed by atoms with Crippen molar-refractivity contribution >= 4 is 5.69 Å². The first kappa shape index (κ1) is 16.9. The van der Waals surface area contributed by atoms with E-state index in [1.54, 1.807) is 0 Å². The Morgan fingerprint density at radius 1 is 1.15 bits per heavy atom. The van der Waals surface area contributed by atoms with Gasteiger partial charge in [-0.1, -0.05) is 0 Å². The molecular weight excluding hydrogens is 254 g/mol. The third-order valence-electron chi connectivity index (χ3n) is 3.02. The number of ether oxygens (including phenoxy) is 2. The molecule has 5 heteroatoms. The van der Waals surface area contributed by atoms with Crippen LogP contribution in [0.2, 0.25) is 0 Å². The number of hydrogen-bond donors (Lipinski definition) is 1. The molecule has 2 N–H and O–H groups in total. The third kappa shape index (κ3) is 5.86. The first-order valence-corrected chi connectivity index (χ1v) is 7.31. The van der Waals surface area contributed by atoms with Crippen molar-refractivity contribution in [2.24, 2.45) is 5.73 Å². The summed E-state index contributed by atoms with van der Waals surface area (Å²) in [4.78, 5) is 6.63. The highest BCUT2D eigenvalue weighted by molar-refractivity contribution is 5.44. The molecule has 1 unspecified atom stereocenters. The van der Waals surface area contributed by atoms with E-state index in [1.807, 2.05) is 33.0 Å². The van der Waals surface area contributed by atoms with Crippen molar-refractivity contribution in [1.82, 2.24) is 4.98 Å². The van der Waals surface area contributed by atoms with E-state index in [9.17, 15) is 0 Å². The van der Waals surface area contributed by atoms with Crippen LogP contribution in [0.4, 0.5) is 5.69 Å². The summed E-state index contributed by atoms with van der Waals surface area (Å²) >= 11 is 0. The SMILES string of the molecule is CCOCCN(CCOCC)c1ccc(C(C)N)nc1. The lowest BCUT2D eigenvalue weighted by molar-refractivity contribution is 0.141. The van der Waals surface area contributed by atoms with Crippen LogP contribution in [0.15, 0.2) is 18.3 Å². The zero-order valence-corrected chi connectivity index (χ0v) is 12.8. The Morgan fingerprint density at radius 3 is 2.15 bits per heavy atom. The number of pyridine rings is 1. The van der Waals surface area contributed by atoms with Crippen molar-refractivity contribution < 1.29 is 9.47 Å². The van der Waals surface area contributed by atoms with Crippen molar-refractivity contribution in [2.75, 3.05) is 44.4 Å². The second-order valence-electron chi connectivity index (χ2n) is 4.61. The summed E-state index contributed by atoms with van der Waals surface area (Å²) in [5.74, 6) is 0. The van der Waals surface area contributed by atoms with Crippen LogP contribution in [0.3, 0.4) is 0 Å². The Hall–Kier alpha value is -1.17. The first-order chi connectivity index (χ1) is 9.69. The fourth-order valence-corrected chi connectivity index (χ4v) is 1.86. The number of aromatic nitrogens is 1. The molecule has 0 aliphatic heterocycles. The van der Waals surface area contributed by atoms with Gasteiger partial charge in [-0.3, -0.25) is 4.98 Å². The molecule has 0 radical (unpaired) electrons. The van der Waals surface area contributed by atoms with Gasteiger partial charge in [0.2, 0.25) is 0 Å². The monoisotopic (exact) mass is 281 g/mol. The minimum atomic E-state index is -0.0376. The molecule has 0 aliphatic rings. The van der Waals surface area contributed by atoms with E-state index in [-0.39, 0.29) is 6.04 Å². The van der Waals surface area contributed by atoms with Gasteiger partial charge in [-0.15, -0.1) is 0 Å². The Kier molecular flexibility index (Phi) is 8.18. The first-order valence-electron chi connectivity index (χ1n) is 7.31. The van der Waals surface area contributed by atoms with Crippen molar-refractivity contribution in [2.45, 2.75) is 26.8 Å². The number of anilines is 1. The van der Waals surface area contributed by atoms with Crippen LogP contribution in [-0.2, 0) is 9.47 Å². The Bertz CT molecular complexity index is 345. The predicted molar refractivity (Wildman–Crippen MR) is 82.0 cm³/mol. The fraction of sp³-hybridized carbons (Fsp3) is 0.667. The van der Waals surface area contributed by atoms with E-state index in [0.29, 0.717) is 13.2 Å². The molecule has 0 aliphatic carbocycles.